The van der Waals surface area contributed by atoms with Crippen LogP contribution in [0.1, 0.15) is 37.6 Å². The van der Waals surface area contributed by atoms with E-state index in [9.17, 15) is 9.90 Å². The van der Waals surface area contributed by atoms with Crippen LogP contribution >= 0.6 is 0 Å². The summed E-state index contributed by atoms with van der Waals surface area (Å²) in [5.41, 5.74) is 0.792. The molecule has 15 heavy (non-hydrogen) atoms. The highest BCUT2D eigenvalue weighted by Crippen LogP contribution is 2.44. The molecule has 1 aromatic rings. The molecule has 0 atom stereocenters. The van der Waals surface area contributed by atoms with E-state index in [2.05, 4.69) is 10.3 Å². The van der Waals surface area contributed by atoms with Crippen LogP contribution in [-0.4, -0.2) is 26.1 Å². The van der Waals surface area contributed by atoms with Crippen LogP contribution in [0.2, 0.25) is 0 Å². The van der Waals surface area contributed by atoms with Gasteiger partial charge in [0.25, 0.3) is 0 Å². The van der Waals surface area contributed by atoms with Crippen LogP contribution in [0.25, 0.3) is 0 Å². The van der Waals surface area contributed by atoms with Crippen molar-refractivity contribution < 1.29 is 9.90 Å². The first-order valence-electron chi connectivity index (χ1n) is 5.26. The smallest absolute Gasteiger partial charge is 0.315 e. The van der Waals surface area contributed by atoms with Crippen LogP contribution in [0.15, 0.2) is 0 Å². The predicted octanol–water partition coefficient (Wildman–Crippen LogP) is 1.11. The van der Waals surface area contributed by atoms with Crippen molar-refractivity contribution in [3.05, 3.63) is 11.4 Å². The summed E-state index contributed by atoms with van der Waals surface area (Å²) < 4.78 is 1.75. The number of hydrogen-bond acceptors (Lipinski definition) is 3. The first-order chi connectivity index (χ1) is 7.12. The Balaban J connectivity index is 2.43. The summed E-state index contributed by atoms with van der Waals surface area (Å²) >= 11 is 0. The van der Waals surface area contributed by atoms with Gasteiger partial charge in [-0.25, -0.2) is 4.68 Å². The van der Waals surface area contributed by atoms with Crippen molar-refractivity contribution in [2.75, 3.05) is 0 Å². The molecule has 0 saturated heterocycles. The first-order valence-corrected chi connectivity index (χ1v) is 5.26. The average Bonchev–Trinajstić information content (AvgIpc) is 2.46. The lowest BCUT2D eigenvalue weighted by atomic mass is 9.66. The fourth-order valence-corrected chi connectivity index (χ4v) is 2.19. The molecule has 0 amide bonds. The Kier molecular flexibility index (Phi) is 2.25. The molecule has 0 aliphatic heterocycles. The van der Waals surface area contributed by atoms with E-state index in [0.29, 0.717) is 18.5 Å². The van der Waals surface area contributed by atoms with Gasteiger partial charge in [-0.3, -0.25) is 4.79 Å². The van der Waals surface area contributed by atoms with Gasteiger partial charge in [0.15, 0.2) is 0 Å². The van der Waals surface area contributed by atoms with E-state index in [0.717, 1.165) is 18.7 Å². The van der Waals surface area contributed by atoms with Crippen LogP contribution in [0.4, 0.5) is 0 Å². The maximum atomic E-state index is 11.3. The Morgan fingerprint density at radius 3 is 2.60 bits per heavy atom. The van der Waals surface area contributed by atoms with Gasteiger partial charge < -0.3 is 5.11 Å². The fourth-order valence-electron chi connectivity index (χ4n) is 2.19. The van der Waals surface area contributed by atoms with Gasteiger partial charge in [0.05, 0.1) is 5.69 Å². The Labute approximate surface area is 88.1 Å². The van der Waals surface area contributed by atoms with E-state index >= 15 is 0 Å². The third-order valence-corrected chi connectivity index (χ3v) is 3.35. The quantitative estimate of drug-likeness (QED) is 0.809. The number of rotatable bonds is 3. The van der Waals surface area contributed by atoms with Crippen LogP contribution in [0, 0.1) is 6.92 Å². The minimum absolute atomic E-state index is 0.656. The predicted molar refractivity (Wildman–Crippen MR) is 53.6 cm³/mol. The van der Waals surface area contributed by atoms with Crippen molar-refractivity contribution in [2.45, 2.75) is 45.1 Å². The number of hydrogen-bond donors (Lipinski definition) is 1. The van der Waals surface area contributed by atoms with Gasteiger partial charge in [-0.2, -0.15) is 0 Å². The van der Waals surface area contributed by atoms with Gasteiger partial charge in [0.1, 0.15) is 11.1 Å². The lowest BCUT2D eigenvalue weighted by Crippen LogP contribution is -2.43. The van der Waals surface area contributed by atoms with Crippen molar-refractivity contribution in [3.8, 4) is 0 Å². The van der Waals surface area contributed by atoms with E-state index in [4.69, 9.17) is 0 Å². The van der Waals surface area contributed by atoms with Gasteiger partial charge >= 0.3 is 5.97 Å². The highest BCUT2D eigenvalue weighted by Gasteiger charge is 2.49. The van der Waals surface area contributed by atoms with Crippen LogP contribution in [0.3, 0.4) is 0 Å². The number of carboxylic acid groups (broad SMARTS) is 1. The first kappa shape index (κ1) is 10.1. The topological polar surface area (TPSA) is 68.0 Å². The third-order valence-electron chi connectivity index (χ3n) is 3.35. The summed E-state index contributed by atoms with van der Waals surface area (Å²) in [4.78, 5) is 11.3. The Morgan fingerprint density at radius 1 is 1.60 bits per heavy atom. The highest BCUT2D eigenvalue weighted by atomic mass is 16.4. The van der Waals surface area contributed by atoms with Crippen molar-refractivity contribution in [2.24, 2.45) is 0 Å². The fraction of sp³-hybridized carbons (Fsp3) is 0.700. The largest absolute Gasteiger partial charge is 0.481 e. The maximum Gasteiger partial charge on any atom is 0.315 e. The number of nitrogens with zero attached hydrogens (tertiary/aromatic N) is 3. The molecule has 0 spiro atoms. The van der Waals surface area contributed by atoms with Crippen molar-refractivity contribution in [1.82, 2.24) is 15.0 Å². The minimum Gasteiger partial charge on any atom is -0.481 e. The summed E-state index contributed by atoms with van der Waals surface area (Å²) in [7, 11) is 0. The number of aliphatic carboxylic acids is 1. The average molecular weight is 209 g/mol. The van der Waals surface area contributed by atoms with Crippen LogP contribution < -0.4 is 0 Å². The molecule has 1 fully saturated rings. The molecule has 0 aromatic carbocycles. The van der Waals surface area contributed by atoms with Gasteiger partial charge in [-0.1, -0.05) is 11.6 Å². The molecule has 1 aromatic heterocycles. The summed E-state index contributed by atoms with van der Waals surface area (Å²) in [6.07, 6.45) is 2.34. The molecule has 1 N–H and O–H groups in total. The summed E-state index contributed by atoms with van der Waals surface area (Å²) in [5.74, 6) is -0.764. The molecule has 5 heteroatoms. The van der Waals surface area contributed by atoms with Gasteiger partial charge in [0, 0.05) is 6.54 Å². The Bertz CT molecular complexity index is 393. The molecular weight excluding hydrogens is 194 g/mol. The normalized spacial score (nSPS) is 18.5. The zero-order chi connectivity index (χ0) is 11.1. The number of aryl methyl sites for hydroxylation is 1. The van der Waals surface area contributed by atoms with Gasteiger partial charge in [-0.15, -0.1) is 5.10 Å². The molecule has 1 saturated carbocycles. The van der Waals surface area contributed by atoms with Crippen LogP contribution in [0.5, 0.6) is 0 Å². The van der Waals surface area contributed by atoms with Crippen LogP contribution in [-0.2, 0) is 16.8 Å². The Morgan fingerprint density at radius 2 is 2.27 bits per heavy atom. The Hall–Kier alpha value is -1.39. The molecule has 82 valence electrons. The maximum absolute atomic E-state index is 11.3. The van der Waals surface area contributed by atoms with E-state index < -0.39 is 11.4 Å². The zero-order valence-corrected chi connectivity index (χ0v) is 9.03. The van der Waals surface area contributed by atoms with E-state index in [1.54, 1.807) is 4.68 Å². The summed E-state index contributed by atoms with van der Waals surface area (Å²) in [6.45, 7) is 4.59. The molecule has 0 bridgehead atoms. The van der Waals surface area contributed by atoms with E-state index in [1.807, 2.05) is 13.8 Å². The SMILES string of the molecule is CCn1nnc(C2(C(=O)O)CCC2)c1C. The van der Waals surface area contributed by atoms with Gasteiger partial charge in [0.2, 0.25) is 0 Å². The molecular formula is C10H15N3O2. The highest BCUT2D eigenvalue weighted by molar-refractivity contribution is 5.82. The van der Waals surface area contributed by atoms with E-state index in [1.165, 1.54) is 0 Å². The van der Waals surface area contributed by atoms with E-state index in [-0.39, 0.29) is 0 Å². The second-order valence-corrected chi connectivity index (χ2v) is 4.08. The lowest BCUT2D eigenvalue weighted by molar-refractivity contribution is -0.147. The van der Waals surface area contributed by atoms with Crippen molar-refractivity contribution >= 4 is 5.97 Å². The number of aromatic nitrogens is 3. The van der Waals surface area contributed by atoms with Crippen molar-refractivity contribution in [3.63, 3.8) is 0 Å². The zero-order valence-electron chi connectivity index (χ0n) is 9.03. The van der Waals surface area contributed by atoms with Gasteiger partial charge in [-0.05, 0) is 26.7 Å². The van der Waals surface area contributed by atoms with Crippen molar-refractivity contribution in [1.29, 1.82) is 0 Å². The molecule has 0 unspecified atom stereocenters. The number of carboxylic acids is 1. The molecule has 2 rings (SSSR count). The summed E-state index contributed by atoms with van der Waals surface area (Å²) in [6, 6.07) is 0. The second-order valence-electron chi connectivity index (χ2n) is 4.08. The minimum atomic E-state index is -0.764. The molecule has 1 heterocycles. The molecule has 0 radical (unpaired) electrons. The number of carbonyl (C=O) groups is 1. The molecule has 5 nitrogen and oxygen atoms in total. The monoisotopic (exact) mass is 209 g/mol. The third kappa shape index (κ3) is 1.26. The summed E-state index contributed by atoms with van der Waals surface area (Å²) in [5, 5.41) is 17.3. The second kappa shape index (κ2) is 3.32. The standard InChI is InChI=1S/C10H15N3O2/c1-3-13-7(2)8(11-12-13)10(9(14)15)5-4-6-10/h3-6H2,1-2H3,(H,14,15). The molecule has 1 aliphatic carbocycles. The lowest BCUT2D eigenvalue weighted by Gasteiger charge is -2.36. The molecule has 1 aliphatic rings.